The van der Waals surface area contributed by atoms with E-state index in [4.69, 9.17) is 0 Å². The van der Waals surface area contributed by atoms with E-state index in [9.17, 15) is 0 Å². The Hall–Kier alpha value is -1.08. The molecule has 0 radical (unpaired) electrons. The van der Waals surface area contributed by atoms with Crippen molar-refractivity contribution in [2.24, 2.45) is 0 Å². The molecular weight excluding hydrogens is 176 g/mol. The second-order valence-electron chi connectivity index (χ2n) is 3.12. The summed E-state index contributed by atoms with van der Waals surface area (Å²) in [5.74, 6) is 0. The van der Waals surface area contributed by atoms with Crippen molar-refractivity contribution in [2.45, 2.75) is 12.8 Å². The van der Waals surface area contributed by atoms with E-state index >= 15 is 0 Å². The number of rotatable bonds is 3. The highest BCUT2D eigenvalue weighted by molar-refractivity contribution is 7.07. The van der Waals surface area contributed by atoms with Crippen LogP contribution in [-0.2, 0) is 12.8 Å². The number of thiophene rings is 1. The summed E-state index contributed by atoms with van der Waals surface area (Å²) in [6, 6.07) is 12.8. The molecule has 0 fully saturated rings. The number of aryl methyl sites for hydroxylation is 2. The first-order valence-electron chi connectivity index (χ1n) is 4.50. The maximum atomic E-state index is 2.23. The summed E-state index contributed by atoms with van der Waals surface area (Å²) in [5.41, 5.74) is 2.88. The predicted octanol–water partition coefficient (Wildman–Crippen LogP) is 3.53. The lowest BCUT2D eigenvalue weighted by Gasteiger charge is -1.98. The number of hydrogen-bond acceptors (Lipinski definition) is 1. The van der Waals surface area contributed by atoms with Gasteiger partial charge in [-0.3, -0.25) is 0 Å². The first-order valence-corrected chi connectivity index (χ1v) is 5.44. The van der Waals surface area contributed by atoms with Crippen LogP contribution in [0.25, 0.3) is 0 Å². The normalized spacial score (nSPS) is 10.2. The molecule has 1 aromatic heterocycles. The van der Waals surface area contributed by atoms with Gasteiger partial charge in [0.15, 0.2) is 0 Å². The molecule has 0 bridgehead atoms. The van der Waals surface area contributed by atoms with Gasteiger partial charge >= 0.3 is 0 Å². The minimum atomic E-state index is 1.15. The molecule has 0 unspecified atom stereocenters. The molecule has 1 heteroatoms. The van der Waals surface area contributed by atoms with Gasteiger partial charge in [0.05, 0.1) is 0 Å². The molecule has 66 valence electrons. The maximum absolute atomic E-state index is 2.23. The highest BCUT2D eigenvalue weighted by atomic mass is 32.1. The Labute approximate surface area is 82.9 Å². The van der Waals surface area contributed by atoms with Crippen molar-refractivity contribution in [1.29, 1.82) is 0 Å². The van der Waals surface area contributed by atoms with Crippen LogP contribution in [0, 0.1) is 0 Å². The van der Waals surface area contributed by atoms with Crippen molar-refractivity contribution in [3.63, 3.8) is 0 Å². The van der Waals surface area contributed by atoms with Gasteiger partial charge in [0, 0.05) is 0 Å². The number of hydrogen-bond donors (Lipinski definition) is 0. The van der Waals surface area contributed by atoms with E-state index in [2.05, 4.69) is 47.2 Å². The second kappa shape index (κ2) is 4.24. The molecular formula is C12H12S. The van der Waals surface area contributed by atoms with Crippen molar-refractivity contribution in [3.05, 3.63) is 58.3 Å². The lowest BCUT2D eigenvalue weighted by molar-refractivity contribution is 0.966. The Morgan fingerprint density at radius 2 is 1.62 bits per heavy atom. The van der Waals surface area contributed by atoms with E-state index in [0.29, 0.717) is 0 Å². The average Bonchev–Trinajstić information content (AvgIpc) is 2.69. The van der Waals surface area contributed by atoms with Crippen LogP contribution in [0.5, 0.6) is 0 Å². The van der Waals surface area contributed by atoms with Gasteiger partial charge in [-0.05, 0) is 40.8 Å². The van der Waals surface area contributed by atoms with Crippen molar-refractivity contribution in [2.75, 3.05) is 0 Å². The zero-order valence-electron chi connectivity index (χ0n) is 7.44. The van der Waals surface area contributed by atoms with E-state index in [0.717, 1.165) is 12.8 Å². The lowest BCUT2D eigenvalue weighted by Crippen LogP contribution is -1.88. The summed E-state index contributed by atoms with van der Waals surface area (Å²) in [6.45, 7) is 0. The smallest absolute Gasteiger partial charge is 0.00611 e. The summed E-state index contributed by atoms with van der Waals surface area (Å²) < 4.78 is 0. The van der Waals surface area contributed by atoms with Crippen LogP contribution in [0.2, 0.25) is 0 Å². The van der Waals surface area contributed by atoms with Crippen LogP contribution < -0.4 is 0 Å². The minimum Gasteiger partial charge on any atom is -0.152 e. The molecule has 13 heavy (non-hydrogen) atoms. The van der Waals surface area contributed by atoms with Gasteiger partial charge in [-0.15, -0.1) is 0 Å². The Balaban J connectivity index is 1.94. The Kier molecular flexibility index (Phi) is 2.78. The molecule has 0 nitrogen and oxygen atoms in total. The van der Waals surface area contributed by atoms with Gasteiger partial charge in [-0.1, -0.05) is 30.3 Å². The van der Waals surface area contributed by atoms with Gasteiger partial charge in [-0.2, -0.15) is 11.3 Å². The molecule has 1 heterocycles. The van der Waals surface area contributed by atoms with Crippen molar-refractivity contribution in [3.8, 4) is 0 Å². The molecule has 0 aliphatic carbocycles. The van der Waals surface area contributed by atoms with E-state index in [-0.39, 0.29) is 0 Å². The molecule has 1 aromatic carbocycles. The highest BCUT2D eigenvalue weighted by Crippen LogP contribution is 2.10. The largest absolute Gasteiger partial charge is 0.152 e. The summed E-state index contributed by atoms with van der Waals surface area (Å²) in [5, 5.41) is 4.36. The van der Waals surface area contributed by atoms with Crippen molar-refractivity contribution in [1.82, 2.24) is 0 Å². The van der Waals surface area contributed by atoms with E-state index in [1.54, 1.807) is 11.3 Å². The van der Waals surface area contributed by atoms with Gasteiger partial charge in [0.2, 0.25) is 0 Å². The van der Waals surface area contributed by atoms with E-state index < -0.39 is 0 Å². The van der Waals surface area contributed by atoms with Crippen LogP contribution in [0.1, 0.15) is 11.1 Å². The third-order valence-electron chi connectivity index (χ3n) is 2.13. The van der Waals surface area contributed by atoms with Gasteiger partial charge in [-0.25, -0.2) is 0 Å². The first kappa shape index (κ1) is 8.52. The number of benzene rings is 1. The third-order valence-corrected chi connectivity index (χ3v) is 2.86. The van der Waals surface area contributed by atoms with Gasteiger partial charge < -0.3 is 0 Å². The monoisotopic (exact) mass is 188 g/mol. The molecule has 2 rings (SSSR count). The van der Waals surface area contributed by atoms with Gasteiger partial charge in [0.1, 0.15) is 0 Å². The van der Waals surface area contributed by atoms with Gasteiger partial charge in [0.25, 0.3) is 0 Å². The SMILES string of the molecule is c1ccc(CCc2ccsc2)cc1. The molecule has 2 aromatic rings. The quantitative estimate of drug-likeness (QED) is 0.691. The molecule has 0 aliphatic rings. The summed E-state index contributed by atoms with van der Waals surface area (Å²) in [4.78, 5) is 0. The lowest BCUT2D eigenvalue weighted by atomic mass is 10.1. The third kappa shape index (κ3) is 2.43. The topological polar surface area (TPSA) is 0 Å². The molecule has 0 saturated carbocycles. The van der Waals surface area contributed by atoms with Crippen LogP contribution in [0.15, 0.2) is 47.2 Å². The molecule has 0 saturated heterocycles. The Morgan fingerprint density at radius 3 is 2.31 bits per heavy atom. The zero-order chi connectivity index (χ0) is 8.93. The van der Waals surface area contributed by atoms with Crippen molar-refractivity contribution >= 4 is 11.3 Å². The predicted molar refractivity (Wildman–Crippen MR) is 58.2 cm³/mol. The minimum absolute atomic E-state index is 1.15. The molecule has 0 spiro atoms. The van der Waals surface area contributed by atoms with Crippen LogP contribution >= 0.6 is 11.3 Å². The fraction of sp³-hybridized carbons (Fsp3) is 0.167. The first-order chi connectivity index (χ1) is 6.45. The zero-order valence-corrected chi connectivity index (χ0v) is 8.26. The summed E-state index contributed by atoms with van der Waals surface area (Å²) in [6.07, 6.45) is 2.31. The Bertz CT molecular complexity index is 335. The highest BCUT2D eigenvalue weighted by Gasteiger charge is 1.94. The molecule has 0 N–H and O–H groups in total. The fourth-order valence-electron chi connectivity index (χ4n) is 1.37. The molecule has 0 amide bonds. The standard InChI is InChI=1S/C12H12S/c1-2-4-11(5-3-1)6-7-12-8-9-13-10-12/h1-5,8-10H,6-7H2. The van der Waals surface area contributed by atoms with E-state index in [1.165, 1.54) is 11.1 Å². The van der Waals surface area contributed by atoms with Crippen LogP contribution in [0.3, 0.4) is 0 Å². The second-order valence-corrected chi connectivity index (χ2v) is 3.90. The summed E-state index contributed by atoms with van der Waals surface area (Å²) >= 11 is 1.77. The van der Waals surface area contributed by atoms with Crippen LogP contribution in [-0.4, -0.2) is 0 Å². The van der Waals surface area contributed by atoms with Crippen molar-refractivity contribution < 1.29 is 0 Å². The Morgan fingerprint density at radius 1 is 0.846 bits per heavy atom. The molecule has 0 atom stereocenters. The summed E-state index contributed by atoms with van der Waals surface area (Å²) in [7, 11) is 0. The maximum Gasteiger partial charge on any atom is -0.00611 e. The van der Waals surface area contributed by atoms with E-state index in [1.807, 2.05) is 0 Å². The molecule has 0 aliphatic heterocycles. The fourth-order valence-corrected chi connectivity index (χ4v) is 2.07. The average molecular weight is 188 g/mol. The van der Waals surface area contributed by atoms with Crippen LogP contribution in [0.4, 0.5) is 0 Å².